The predicted octanol–water partition coefficient (Wildman–Crippen LogP) is 2.32. The number of ether oxygens (including phenoxy) is 2. The van der Waals surface area contributed by atoms with E-state index in [4.69, 9.17) is 9.47 Å². The molecule has 20 heavy (non-hydrogen) atoms. The average molecular weight is 287 g/mol. The van der Waals surface area contributed by atoms with Crippen LogP contribution in [-0.4, -0.2) is 42.7 Å². The summed E-state index contributed by atoms with van der Waals surface area (Å²) in [6.07, 6.45) is 2.37. The van der Waals surface area contributed by atoms with E-state index in [2.05, 4.69) is 5.32 Å². The molecule has 2 atom stereocenters. The van der Waals surface area contributed by atoms with Gasteiger partial charge in [-0.3, -0.25) is 0 Å². The van der Waals surface area contributed by atoms with Crippen LogP contribution in [-0.2, 0) is 9.47 Å². The Morgan fingerprint density at radius 2 is 2.00 bits per heavy atom. The van der Waals surface area contributed by atoms with Gasteiger partial charge in [-0.15, -0.1) is 0 Å². The number of alkyl carbamates (subject to hydrolysis) is 1. The van der Waals surface area contributed by atoms with Gasteiger partial charge in [0.15, 0.2) is 0 Å². The molecule has 0 bridgehead atoms. The molecule has 0 saturated heterocycles. The Hall–Kier alpha value is -0.810. The fourth-order valence-corrected chi connectivity index (χ4v) is 2.33. The van der Waals surface area contributed by atoms with Crippen LogP contribution in [0.25, 0.3) is 0 Å². The van der Waals surface area contributed by atoms with Gasteiger partial charge in [0.25, 0.3) is 0 Å². The molecule has 118 valence electrons. The molecular weight excluding hydrogens is 258 g/mol. The second kappa shape index (κ2) is 7.27. The molecule has 1 saturated carbocycles. The molecular formula is C15H29NO4. The van der Waals surface area contributed by atoms with Crippen LogP contribution in [0, 0.1) is 11.8 Å². The van der Waals surface area contributed by atoms with Crippen molar-refractivity contribution < 1.29 is 19.4 Å². The number of aliphatic hydroxyl groups excluding tert-OH is 1. The fourth-order valence-electron chi connectivity index (χ4n) is 2.33. The van der Waals surface area contributed by atoms with E-state index in [1.807, 2.05) is 27.7 Å². The molecule has 1 aliphatic carbocycles. The topological polar surface area (TPSA) is 67.8 Å². The van der Waals surface area contributed by atoms with Gasteiger partial charge >= 0.3 is 6.09 Å². The fraction of sp³-hybridized carbons (Fsp3) is 0.933. The lowest BCUT2D eigenvalue weighted by atomic mass is 9.77. The molecule has 0 heterocycles. The van der Waals surface area contributed by atoms with Crippen molar-refractivity contribution in [2.24, 2.45) is 11.8 Å². The smallest absolute Gasteiger partial charge is 0.407 e. The molecule has 0 aromatic rings. The van der Waals surface area contributed by atoms with E-state index >= 15 is 0 Å². The van der Waals surface area contributed by atoms with Crippen molar-refractivity contribution in [3.05, 3.63) is 0 Å². The molecule has 1 amide bonds. The number of aliphatic hydroxyl groups is 1. The molecule has 0 spiro atoms. The van der Waals surface area contributed by atoms with Crippen LogP contribution in [0.15, 0.2) is 0 Å². The molecule has 2 unspecified atom stereocenters. The van der Waals surface area contributed by atoms with Crippen molar-refractivity contribution in [1.29, 1.82) is 0 Å². The molecule has 1 aliphatic rings. The molecule has 0 aliphatic heterocycles. The summed E-state index contributed by atoms with van der Waals surface area (Å²) >= 11 is 0. The summed E-state index contributed by atoms with van der Waals surface area (Å²) in [5, 5.41) is 12.8. The molecule has 2 N–H and O–H groups in total. The summed E-state index contributed by atoms with van der Waals surface area (Å²) < 4.78 is 10.4. The van der Waals surface area contributed by atoms with Crippen LogP contribution in [0.1, 0.15) is 47.0 Å². The Morgan fingerprint density at radius 1 is 1.40 bits per heavy atom. The van der Waals surface area contributed by atoms with Crippen LogP contribution in [0.4, 0.5) is 4.79 Å². The van der Waals surface area contributed by atoms with E-state index in [0.29, 0.717) is 18.6 Å². The highest BCUT2D eigenvalue weighted by atomic mass is 16.6. The lowest BCUT2D eigenvalue weighted by Crippen LogP contribution is -2.39. The maximum absolute atomic E-state index is 11.5. The Balaban J connectivity index is 2.18. The van der Waals surface area contributed by atoms with Crippen molar-refractivity contribution in [3.8, 4) is 0 Å². The quantitative estimate of drug-likeness (QED) is 0.786. The first-order chi connectivity index (χ1) is 9.21. The van der Waals surface area contributed by atoms with Crippen molar-refractivity contribution in [3.63, 3.8) is 0 Å². The van der Waals surface area contributed by atoms with Gasteiger partial charge in [-0.1, -0.05) is 6.92 Å². The number of hydrogen-bond donors (Lipinski definition) is 2. The van der Waals surface area contributed by atoms with Crippen LogP contribution in [0.2, 0.25) is 0 Å². The van der Waals surface area contributed by atoms with Gasteiger partial charge in [-0.2, -0.15) is 0 Å². The van der Waals surface area contributed by atoms with Gasteiger partial charge < -0.3 is 19.9 Å². The lowest BCUT2D eigenvalue weighted by Gasteiger charge is -2.36. The third kappa shape index (κ3) is 6.09. The van der Waals surface area contributed by atoms with Gasteiger partial charge in [0.2, 0.25) is 0 Å². The number of carbonyl (C=O) groups is 1. The summed E-state index contributed by atoms with van der Waals surface area (Å²) in [5.74, 6) is 0.558. The summed E-state index contributed by atoms with van der Waals surface area (Å²) in [5.41, 5.74) is -0.493. The number of carbonyl (C=O) groups excluding carboxylic acids is 1. The minimum Gasteiger partial charge on any atom is -0.444 e. The summed E-state index contributed by atoms with van der Waals surface area (Å²) in [4.78, 5) is 11.5. The van der Waals surface area contributed by atoms with Crippen LogP contribution >= 0.6 is 0 Å². The van der Waals surface area contributed by atoms with Crippen molar-refractivity contribution in [2.75, 3.05) is 13.7 Å². The SMILES string of the molecule is COC1CC(CC(O)C(C)CNC(=O)OC(C)(C)C)C1. The monoisotopic (exact) mass is 287 g/mol. The molecule has 1 fully saturated rings. The molecule has 0 aromatic heterocycles. The average Bonchev–Trinajstić information content (AvgIpc) is 2.27. The summed E-state index contributed by atoms with van der Waals surface area (Å²) in [6.45, 7) is 7.85. The third-order valence-corrected chi connectivity index (χ3v) is 3.72. The first kappa shape index (κ1) is 17.2. The van der Waals surface area contributed by atoms with E-state index < -0.39 is 17.8 Å². The molecule has 0 radical (unpaired) electrons. The number of rotatable bonds is 6. The highest BCUT2D eigenvalue weighted by Gasteiger charge is 2.31. The van der Waals surface area contributed by atoms with E-state index in [-0.39, 0.29) is 5.92 Å². The van der Waals surface area contributed by atoms with Crippen LogP contribution in [0.5, 0.6) is 0 Å². The Labute approximate surface area is 122 Å². The highest BCUT2D eigenvalue weighted by molar-refractivity contribution is 5.67. The van der Waals surface area contributed by atoms with Crippen molar-refractivity contribution >= 4 is 6.09 Å². The second-order valence-corrected chi connectivity index (χ2v) is 6.86. The number of hydrogen-bond acceptors (Lipinski definition) is 4. The number of nitrogens with one attached hydrogen (secondary N) is 1. The zero-order chi connectivity index (χ0) is 15.3. The number of methoxy groups -OCH3 is 1. The highest BCUT2D eigenvalue weighted by Crippen LogP contribution is 2.34. The second-order valence-electron chi connectivity index (χ2n) is 6.86. The van der Waals surface area contributed by atoms with Gasteiger partial charge in [0.1, 0.15) is 5.60 Å². The van der Waals surface area contributed by atoms with Crippen LogP contribution in [0.3, 0.4) is 0 Å². The first-order valence-corrected chi connectivity index (χ1v) is 7.39. The normalized spacial score (nSPS) is 25.5. The predicted molar refractivity (Wildman–Crippen MR) is 77.5 cm³/mol. The molecule has 5 nitrogen and oxygen atoms in total. The molecule has 5 heteroatoms. The lowest BCUT2D eigenvalue weighted by molar-refractivity contribution is -0.0237. The van der Waals surface area contributed by atoms with E-state index in [1.165, 1.54) is 0 Å². The first-order valence-electron chi connectivity index (χ1n) is 7.39. The maximum Gasteiger partial charge on any atom is 0.407 e. The van der Waals surface area contributed by atoms with Gasteiger partial charge in [0, 0.05) is 13.7 Å². The number of amides is 1. The maximum atomic E-state index is 11.5. The Morgan fingerprint density at radius 3 is 2.50 bits per heavy atom. The van der Waals surface area contributed by atoms with E-state index in [0.717, 1.165) is 19.3 Å². The zero-order valence-electron chi connectivity index (χ0n) is 13.3. The van der Waals surface area contributed by atoms with E-state index in [9.17, 15) is 9.90 Å². The summed E-state index contributed by atoms with van der Waals surface area (Å²) in [7, 11) is 1.73. The van der Waals surface area contributed by atoms with Gasteiger partial charge in [0.05, 0.1) is 12.2 Å². The van der Waals surface area contributed by atoms with E-state index in [1.54, 1.807) is 7.11 Å². The Kier molecular flexibility index (Phi) is 6.27. The largest absolute Gasteiger partial charge is 0.444 e. The minimum absolute atomic E-state index is 0.0177. The van der Waals surface area contributed by atoms with Crippen molar-refractivity contribution in [1.82, 2.24) is 5.32 Å². The van der Waals surface area contributed by atoms with Crippen LogP contribution < -0.4 is 5.32 Å². The van der Waals surface area contributed by atoms with Gasteiger partial charge in [-0.05, 0) is 51.9 Å². The van der Waals surface area contributed by atoms with Gasteiger partial charge in [-0.25, -0.2) is 4.79 Å². The third-order valence-electron chi connectivity index (χ3n) is 3.72. The molecule has 1 rings (SSSR count). The summed E-state index contributed by atoms with van der Waals surface area (Å²) in [6, 6.07) is 0. The minimum atomic E-state index is -0.493. The Bertz CT molecular complexity index is 307. The molecule has 0 aromatic carbocycles. The van der Waals surface area contributed by atoms with Crippen molar-refractivity contribution in [2.45, 2.75) is 64.8 Å². The zero-order valence-corrected chi connectivity index (χ0v) is 13.3. The standard InChI is InChI=1S/C15H29NO4/c1-10(9-16-14(18)20-15(2,3)4)13(17)8-11-6-12(7-11)19-5/h10-13,17H,6-9H2,1-5H3,(H,16,18).